The Morgan fingerprint density at radius 3 is 2.71 bits per heavy atom. The van der Waals surface area contributed by atoms with Gasteiger partial charge in [-0.15, -0.1) is 0 Å². The Bertz CT molecular complexity index is 282. The number of hydrogen-bond acceptors (Lipinski definition) is 2. The summed E-state index contributed by atoms with van der Waals surface area (Å²) in [6, 6.07) is 5.38. The second kappa shape index (κ2) is 5.53. The Kier molecular flexibility index (Phi) is 4.30. The molecular weight excluding hydrogens is 176 g/mol. The lowest BCUT2D eigenvalue weighted by molar-refractivity contribution is 0.410. The van der Waals surface area contributed by atoms with Crippen molar-refractivity contribution in [2.75, 3.05) is 7.11 Å². The molecule has 0 aliphatic rings. The Labute approximate surface area is 85.5 Å². The van der Waals surface area contributed by atoms with E-state index in [1.807, 2.05) is 6.07 Å². The summed E-state index contributed by atoms with van der Waals surface area (Å²) in [5.41, 5.74) is 0.984. The zero-order valence-corrected chi connectivity index (χ0v) is 8.92. The molecule has 0 fully saturated rings. The fourth-order valence-electron chi connectivity index (χ4n) is 1.45. The highest BCUT2D eigenvalue weighted by Gasteiger charge is 2.02. The summed E-state index contributed by atoms with van der Waals surface area (Å²) >= 11 is 0. The van der Waals surface area contributed by atoms with Gasteiger partial charge < -0.3 is 9.84 Å². The molecule has 0 saturated heterocycles. The fourth-order valence-corrected chi connectivity index (χ4v) is 1.45. The van der Waals surface area contributed by atoms with Gasteiger partial charge in [-0.2, -0.15) is 0 Å². The second-order valence-electron chi connectivity index (χ2n) is 3.45. The number of hydrogen-bond donors (Lipinski definition) is 1. The molecule has 0 radical (unpaired) electrons. The van der Waals surface area contributed by atoms with Gasteiger partial charge in [0.05, 0.1) is 7.11 Å². The van der Waals surface area contributed by atoms with Crippen molar-refractivity contribution >= 4 is 0 Å². The number of phenols is 1. The van der Waals surface area contributed by atoms with E-state index in [4.69, 9.17) is 4.74 Å². The summed E-state index contributed by atoms with van der Waals surface area (Å²) in [6.45, 7) is 2.17. The Balaban J connectivity index is 2.64. The van der Waals surface area contributed by atoms with Crippen LogP contribution in [0.25, 0.3) is 0 Å². The summed E-state index contributed by atoms with van der Waals surface area (Å²) in [4.78, 5) is 0. The molecule has 0 unspecified atom stereocenters. The average Bonchev–Trinajstić information content (AvgIpc) is 2.21. The Hall–Kier alpha value is -1.18. The number of ether oxygens (including phenoxy) is 1. The quantitative estimate of drug-likeness (QED) is 0.730. The van der Waals surface area contributed by atoms with Gasteiger partial charge in [-0.1, -0.05) is 19.8 Å². The zero-order chi connectivity index (χ0) is 10.4. The van der Waals surface area contributed by atoms with Gasteiger partial charge in [-0.3, -0.25) is 0 Å². The van der Waals surface area contributed by atoms with Crippen LogP contribution in [0.1, 0.15) is 31.7 Å². The van der Waals surface area contributed by atoms with E-state index < -0.39 is 0 Å². The lowest BCUT2D eigenvalue weighted by Gasteiger charge is -2.06. The van der Waals surface area contributed by atoms with Crippen LogP contribution in [0.3, 0.4) is 0 Å². The molecule has 2 nitrogen and oxygen atoms in total. The van der Waals surface area contributed by atoms with Crippen molar-refractivity contribution in [3.8, 4) is 11.5 Å². The standard InChI is InChI=1S/C12H18O2/c1-3-4-5-6-10-9-11(14-2)7-8-12(10)13/h7-9,13H,3-6H2,1-2H3. The van der Waals surface area contributed by atoms with Crippen molar-refractivity contribution in [3.05, 3.63) is 23.8 Å². The minimum atomic E-state index is 0.377. The van der Waals surface area contributed by atoms with Crippen LogP contribution in [0.15, 0.2) is 18.2 Å². The smallest absolute Gasteiger partial charge is 0.119 e. The van der Waals surface area contributed by atoms with E-state index in [-0.39, 0.29) is 0 Å². The van der Waals surface area contributed by atoms with Crippen LogP contribution in [0.5, 0.6) is 11.5 Å². The molecule has 1 aromatic rings. The Morgan fingerprint density at radius 1 is 1.29 bits per heavy atom. The zero-order valence-electron chi connectivity index (χ0n) is 8.92. The summed E-state index contributed by atoms with van der Waals surface area (Å²) in [7, 11) is 1.64. The minimum Gasteiger partial charge on any atom is -0.508 e. The van der Waals surface area contributed by atoms with Crippen LogP contribution >= 0.6 is 0 Å². The van der Waals surface area contributed by atoms with Crippen molar-refractivity contribution in [3.63, 3.8) is 0 Å². The maximum atomic E-state index is 9.57. The van der Waals surface area contributed by atoms with E-state index in [0.29, 0.717) is 5.75 Å². The van der Waals surface area contributed by atoms with Crippen molar-refractivity contribution < 1.29 is 9.84 Å². The predicted molar refractivity (Wildman–Crippen MR) is 57.9 cm³/mol. The van der Waals surface area contributed by atoms with Crippen molar-refractivity contribution in [1.82, 2.24) is 0 Å². The van der Waals surface area contributed by atoms with Gasteiger partial charge >= 0.3 is 0 Å². The van der Waals surface area contributed by atoms with E-state index in [2.05, 4.69) is 6.92 Å². The third kappa shape index (κ3) is 2.95. The molecule has 1 N–H and O–H groups in total. The maximum Gasteiger partial charge on any atom is 0.119 e. The minimum absolute atomic E-state index is 0.377. The summed E-state index contributed by atoms with van der Waals surface area (Å²) in [5.74, 6) is 1.19. The van der Waals surface area contributed by atoms with Crippen LogP contribution < -0.4 is 4.74 Å². The van der Waals surface area contributed by atoms with Crippen LogP contribution in [-0.4, -0.2) is 12.2 Å². The highest BCUT2D eigenvalue weighted by atomic mass is 16.5. The number of aryl methyl sites for hydroxylation is 1. The molecule has 0 heterocycles. The molecule has 0 aliphatic carbocycles. The monoisotopic (exact) mass is 194 g/mol. The molecule has 0 aromatic heterocycles. The number of methoxy groups -OCH3 is 1. The molecule has 0 saturated carbocycles. The number of aromatic hydroxyl groups is 1. The molecule has 0 atom stereocenters. The van der Waals surface area contributed by atoms with Crippen molar-refractivity contribution in [1.29, 1.82) is 0 Å². The molecule has 78 valence electrons. The SMILES string of the molecule is CCCCCc1cc(OC)ccc1O. The molecule has 0 bridgehead atoms. The predicted octanol–water partition coefficient (Wildman–Crippen LogP) is 3.13. The molecule has 14 heavy (non-hydrogen) atoms. The summed E-state index contributed by atoms with van der Waals surface area (Å²) < 4.78 is 5.11. The average molecular weight is 194 g/mol. The molecule has 1 rings (SSSR count). The normalized spacial score (nSPS) is 10.1. The van der Waals surface area contributed by atoms with E-state index >= 15 is 0 Å². The number of unbranched alkanes of at least 4 members (excludes halogenated alkanes) is 2. The van der Waals surface area contributed by atoms with Crippen LogP contribution in [-0.2, 0) is 6.42 Å². The van der Waals surface area contributed by atoms with Gasteiger partial charge in [-0.25, -0.2) is 0 Å². The van der Waals surface area contributed by atoms with Crippen molar-refractivity contribution in [2.24, 2.45) is 0 Å². The number of rotatable bonds is 5. The number of phenolic OH excluding ortho intramolecular Hbond substituents is 1. The van der Waals surface area contributed by atoms with E-state index in [9.17, 15) is 5.11 Å². The van der Waals surface area contributed by atoms with Gasteiger partial charge in [0.2, 0.25) is 0 Å². The van der Waals surface area contributed by atoms with E-state index in [1.54, 1.807) is 19.2 Å². The van der Waals surface area contributed by atoms with E-state index in [1.165, 1.54) is 12.8 Å². The molecule has 0 amide bonds. The second-order valence-corrected chi connectivity index (χ2v) is 3.45. The van der Waals surface area contributed by atoms with Crippen molar-refractivity contribution in [2.45, 2.75) is 32.6 Å². The van der Waals surface area contributed by atoms with Gasteiger partial charge in [-0.05, 0) is 36.6 Å². The lowest BCUT2D eigenvalue weighted by atomic mass is 10.1. The molecule has 0 spiro atoms. The first-order valence-electron chi connectivity index (χ1n) is 5.13. The summed E-state index contributed by atoms with van der Waals surface area (Å²) in [6.07, 6.45) is 4.45. The fraction of sp³-hybridized carbons (Fsp3) is 0.500. The van der Waals surface area contributed by atoms with Crippen LogP contribution in [0.2, 0.25) is 0 Å². The molecule has 1 aromatic carbocycles. The third-order valence-electron chi connectivity index (χ3n) is 2.34. The van der Waals surface area contributed by atoms with Gasteiger partial charge in [0.1, 0.15) is 11.5 Å². The Morgan fingerprint density at radius 2 is 2.07 bits per heavy atom. The third-order valence-corrected chi connectivity index (χ3v) is 2.34. The largest absolute Gasteiger partial charge is 0.508 e. The molecule has 0 aliphatic heterocycles. The van der Waals surface area contributed by atoms with E-state index in [0.717, 1.165) is 24.2 Å². The number of benzene rings is 1. The topological polar surface area (TPSA) is 29.5 Å². The molecule has 2 heteroatoms. The first kappa shape index (κ1) is 10.9. The van der Waals surface area contributed by atoms with Crippen LogP contribution in [0.4, 0.5) is 0 Å². The molecular formula is C12H18O2. The first-order valence-corrected chi connectivity index (χ1v) is 5.13. The summed E-state index contributed by atoms with van der Waals surface area (Å²) in [5, 5.41) is 9.57. The highest BCUT2D eigenvalue weighted by Crippen LogP contribution is 2.24. The lowest BCUT2D eigenvalue weighted by Crippen LogP contribution is -1.89. The van der Waals surface area contributed by atoms with Gasteiger partial charge in [0.25, 0.3) is 0 Å². The van der Waals surface area contributed by atoms with Gasteiger partial charge in [0.15, 0.2) is 0 Å². The first-order chi connectivity index (χ1) is 6.77. The highest BCUT2D eigenvalue weighted by molar-refractivity contribution is 5.39. The van der Waals surface area contributed by atoms with Crippen LogP contribution in [0, 0.1) is 0 Å². The van der Waals surface area contributed by atoms with Gasteiger partial charge in [0, 0.05) is 0 Å². The maximum absolute atomic E-state index is 9.57.